The van der Waals surface area contributed by atoms with Gasteiger partial charge in [0.1, 0.15) is 0 Å². The van der Waals surface area contributed by atoms with Crippen LogP contribution < -0.4 is 5.32 Å². The highest BCUT2D eigenvalue weighted by Gasteiger charge is 2.18. The summed E-state index contributed by atoms with van der Waals surface area (Å²) in [4.78, 5) is 22.7. The van der Waals surface area contributed by atoms with E-state index >= 15 is 0 Å². The number of rotatable bonds is 5. The summed E-state index contributed by atoms with van der Waals surface area (Å²) in [5, 5.41) is 11.7. The summed E-state index contributed by atoms with van der Waals surface area (Å²) in [6.07, 6.45) is 5.60. The van der Waals surface area contributed by atoms with Crippen molar-refractivity contribution >= 4 is 11.9 Å². The predicted molar refractivity (Wildman–Crippen MR) is 71.5 cm³/mol. The van der Waals surface area contributed by atoms with E-state index in [4.69, 9.17) is 5.11 Å². The maximum absolute atomic E-state index is 11.9. The number of nitrogens with one attached hydrogen (secondary N) is 1. The van der Waals surface area contributed by atoms with Crippen LogP contribution in [-0.2, 0) is 22.6 Å². The molecule has 0 unspecified atom stereocenters. The Bertz CT molecular complexity index is 500. The summed E-state index contributed by atoms with van der Waals surface area (Å²) in [6.45, 7) is 0.388. The minimum atomic E-state index is -0.862. The van der Waals surface area contributed by atoms with E-state index in [-0.39, 0.29) is 18.2 Å². The summed E-state index contributed by atoms with van der Waals surface area (Å²) in [5.41, 5.74) is 1.61. The van der Waals surface area contributed by atoms with Crippen LogP contribution in [0.5, 0.6) is 0 Å². The van der Waals surface area contributed by atoms with Crippen LogP contribution in [0.25, 0.3) is 0 Å². The summed E-state index contributed by atoms with van der Waals surface area (Å²) in [6, 6.07) is 7.30. The van der Waals surface area contributed by atoms with Gasteiger partial charge in [0.05, 0.1) is 6.42 Å². The highest BCUT2D eigenvalue weighted by molar-refractivity contribution is 5.79. The standard InChI is InChI=1S/C15H17NO3/c17-14(18)9-12-7-3-4-8-13(12)10-16-15(19)11-5-1-2-6-11/h1-4,7-8,11H,5-6,9-10H2,(H,16,19)(H,17,18). The summed E-state index contributed by atoms with van der Waals surface area (Å²) in [7, 11) is 0. The lowest BCUT2D eigenvalue weighted by molar-refractivity contribution is -0.136. The van der Waals surface area contributed by atoms with E-state index in [1.807, 2.05) is 30.4 Å². The highest BCUT2D eigenvalue weighted by atomic mass is 16.4. The molecule has 4 nitrogen and oxygen atoms in total. The fourth-order valence-electron chi connectivity index (χ4n) is 2.22. The highest BCUT2D eigenvalue weighted by Crippen LogP contribution is 2.18. The van der Waals surface area contributed by atoms with E-state index in [1.54, 1.807) is 6.07 Å². The van der Waals surface area contributed by atoms with E-state index < -0.39 is 5.97 Å². The first-order chi connectivity index (χ1) is 9.16. The number of aliphatic carboxylic acids is 1. The molecule has 0 saturated carbocycles. The molecular weight excluding hydrogens is 242 g/mol. The number of carboxylic acid groups (broad SMARTS) is 1. The molecule has 0 radical (unpaired) electrons. The van der Waals surface area contributed by atoms with Crippen molar-refractivity contribution < 1.29 is 14.7 Å². The van der Waals surface area contributed by atoms with Crippen molar-refractivity contribution in [3.8, 4) is 0 Å². The fraction of sp³-hybridized carbons (Fsp3) is 0.333. The largest absolute Gasteiger partial charge is 0.481 e. The fourth-order valence-corrected chi connectivity index (χ4v) is 2.22. The number of carboxylic acids is 1. The Balaban J connectivity index is 1.95. The van der Waals surface area contributed by atoms with Gasteiger partial charge in [0.15, 0.2) is 0 Å². The summed E-state index contributed by atoms with van der Waals surface area (Å²) < 4.78 is 0. The van der Waals surface area contributed by atoms with Gasteiger partial charge in [0, 0.05) is 12.5 Å². The zero-order valence-electron chi connectivity index (χ0n) is 10.6. The Labute approximate surface area is 112 Å². The van der Waals surface area contributed by atoms with Crippen molar-refractivity contribution in [3.05, 3.63) is 47.5 Å². The third-order valence-electron chi connectivity index (χ3n) is 3.29. The molecule has 4 heteroatoms. The van der Waals surface area contributed by atoms with Gasteiger partial charge in [-0.1, -0.05) is 36.4 Å². The van der Waals surface area contributed by atoms with Crippen LogP contribution in [0, 0.1) is 5.92 Å². The van der Waals surface area contributed by atoms with Crippen LogP contribution in [-0.4, -0.2) is 17.0 Å². The first-order valence-electron chi connectivity index (χ1n) is 6.38. The molecule has 0 aromatic heterocycles. The minimum Gasteiger partial charge on any atom is -0.481 e. The van der Waals surface area contributed by atoms with E-state index in [2.05, 4.69) is 5.32 Å². The zero-order valence-corrected chi connectivity index (χ0v) is 10.6. The molecule has 0 bridgehead atoms. The quantitative estimate of drug-likeness (QED) is 0.794. The van der Waals surface area contributed by atoms with Crippen molar-refractivity contribution in [2.45, 2.75) is 25.8 Å². The van der Waals surface area contributed by atoms with Gasteiger partial charge in [-0.2, -0.15) is 0 Å². The zero-order chi connectivity index (χ0) is 13.7. The molecule has 19 heavy (non-hydrogen) atoms. The van der Waals surface area contributed by atoms with E-state index in [0.29, 0.717) is 6.54 Å². The predicted octanol–water partition coefficient (Wildman–Crippen LogP) is 1.90. The Morgan fingerprint density at radius 1 is 1.16 bits per heavy atom. The average molecular weight is 259 g/mol. The van der Waals surface area contributed by atoms with Gasteiger partial charge in [-0.3, -0.25) is 9.59 Å². The van der Waals surface area contributed by atoms with E-state index in [1.165, 1.54) is 0 Å². The summed E-state index contributed by atoms with van der Waals surface area (Å²) >= 11 is 0. The van der Waals surface area contributed by atoms with Gasteiger partial charge in [-0.25, -0.2) is 0 Å². The summed E-state index contributed by atoms with van der Waals surface area (Å²) in [5.74, 6) is -0.791. The maximum atomic E-state index is 11.9. The van der Waals surface area contributed by atoms with Crippen molar-refractivity contribution in [1.29, 1.82) is 0 Å². The second-order valence-electron chi connectivity index (χ2n) is 4.70. The normalized spacial score (nSPS) is 14.5. The van der Waals surface area contributed by atoms with Gasteiger partial charge in [0.2, 0.25) is 5.91 Å². The molecule has 1 amide bonds. The van der Waals surface area contributed by atoms with Gasteiger partial charge >= 0.3 is 5.97 Å². The monoisotopic (exact) mass is 259 g/mol. The van der Waals surface area contributed by atoms with E-state index in [9.17, 15) is 9.59 Å². The lowest BCUT2D eigenvalue weighted by Crippen LogP contribution is -2.29. The Morgan fingerprint density at radius 2 is 1.79 bits per heavy atom. The van der Waals surface area contributed by atoms with Gasteiger partial charge in [-0.15, -0.1) is 0 Å². The molecule has 1 aliphatic carbocycles. The van der Waals surface area contributed by atoms with Crippen LogP contribution in [0.2, 0.25) is 0 Å². The SMILES string of the molecule is O=C(O)Cc1ccccc1CNC(=O)C1CC=CC1. The second kappa shape index (κ2) is 6.18. The Hall–Kier alpha value is -2.10. The Kier molecular flexibility index (Phi) is 4.34. The lowest BCUT2D eigenvalue weighted by Gasteiger charge is -2.12. The molecule has 2 rings (SSSR count). The average Bonchev–Trinajstić information content (AvgIpc) is 2.90. The minimum absolute atomic E-state index is 0.0168. The van der Waals surface area contributed by atoms with Crippen LogP contribution in [0.15, 0.2) is 36.4 Å². The van der Waals surface area contributed by atoms with Crippen molar-refractivity contribution in [2.75, 3.05) is 0 Å². The number of allylic oxidation sites excluding steroid dienone is 2. The van der Waals surface area contributed by atoms with Crippen molar-refractivity contribution in [2.24, 2.45) is 5.92 Å². The molecule has 100 valence electrons. The molecule has 2 N–H and O–H groups in total. The van der Waals surface area contributed by atoms with E-state index in [0.717, 1.165) is 24.0 Å². The molecule has 1 aromatic carbocycles. The third kappa shape index (κ3) is 3.68. The number of carbonyl (C=O) groups excluding carboxylic acids is 1. The van der Waals surface area contributed by atoms with Crippen molar-refractivity contribution in [3.63, 3.8) is 0 Å². The lowest BCUT2D eigenvalue weighted by atomic mass is 10.0. The van der Waals surface area contributed by atoms with Crippen LogP contribution in [0.1, 0.15) is 24.0 Å². The number of amides is 1. The molecule has 0 saturated heterocycles. The third-order valence-corrected chi connectivity index (χ3v) is 3.29. The molecular formula is C15H17NO3. The molecule has 1 aliphatic rings. The maximum Gasteiger partial charge on any atom is 0.307 e. The number of hydrogen-bond acceptors (Lipinski definition) is 2. The molecule has 0 atom stereocenters. The van der Waals surface area contributed by atoms with Gasteiger partial charge in [-0.05, 0) is 24.0 Å². The first kappa shape index (κ1) is 13.3. The molecule has 0 spiro atoms. The second-order valence-corrected chi connectivity index (χ2v) is 4.70. The molecule has 0 heterocycles. The van der Waals surface area contributed by atoms with Crippen molar-refractivity contribution in [1.82, 2.24) is 5.32 Å². The number of carbonyl (C=O) groups is 2. The van der Waals surface area contributed by atoms with Gasteiger partial charge < -0.3 is 10.4 Å². The molecule has 0 aliphatic heterocycles. The Morgan fingerprint density at radius 3 is 2.42 bits per heavy atom. The van der Waals surface area contributed by atoms with Crippen LogP contribution in [0.3, 0.4) is 0 Å². The van der Waals surface area contributed by atoms with Gasteiger partial charge in [0.25, 0.3) is 0 Å². The molecule has 0 fully saturated rings. The van der Waals surface area contributed by atoms with Crippen LogP contribution >= 0.6 is 0 Å². The molecule has 1 aromatic rings. The smallest absolute Gasteiger partial charge is 0.307 e. The van der Waals surface area contributed by atoms with Crippen LogP contribution in [0.4, 0.5) is 0 Å². The number of benzene rings is 1. The number of hydrogen-bond donors (Lipinski definition) is 2. The topological polar surface area (TPSA) is 66.4 Å². The first-order valence-corrected chi connectivity index (χ1v) is 6.38.